The summed E-state index contributed by atoms with van der Waals surface area (Å²) in [6.07, 6.45) is 1.34. The lowest BCUT2D eigenvalue weighted by Gasteiger charge is -2.24. The molecule has 0 aliphatic carbocycles. The molecule has 2 aromatic carbocycles. The van der Waals surface area contributed by atoms with E-state index < -0.39 is 69.4 Å². The van der Waals surface area contributed by atoms with Gasteiger partial charge in [-0.05, 0) is 76.6 Å². The third-order valence-corrected chi connectivity index (χ3v) is 10.8. The lowest BCUT2D eigenvalue weighted by Crippen LogP contribution is -2.35. The van der Waals surface area contributed by atoms with E-state index in [1.807, 2.05) is 0 Å². The maximum absolute atomic E-state index is 15.3. The Balaban J connectivity index is 2.39. The molecule has 0 radical (unpaired) electrons. The topological polar surface area (TPSA) is 131 Å². The fourth-order valence-corrected chi connectivity index (χ4v) is 6.58. The second-order valence-electron chi connectivity index (χ2n) is 10.1. The number of benzene rings is 2. The summed E-state index contributed by atoms with van der Waals surface area (Å²) in [6, 6.07) is 6.14. The number of pyridine rings is 1. The van der Waals surface area contributed by atoms with Crippen molar-refractivity contribution in [2.45, 2.75) is 55.2 Å². The molecule has 0 amide bonds. The Labute approximate surface area is 235 Å². The van der Waals surface area contributed by atoms with Crippen LogP contribution in [0.2, 0.25) is 0 Å². The number of aromatic nitrogens is 1. The second-order valence-corrected chi connectivity index (χ2v) is 16.0. The highest BCUT2D eigenvalue weighted by Crippen LogP contribution is 2.38. The summed E-state index contributed by atoms with van der Waals surface area (Å²) >= 11 is 0. The minimum atomic E-state index is -4.49. The summed E-state index contributed by atoms with van der Waals surface area (Å²) in [7, 11) is -8.60. The summed E-state index contributed by atoms with van der Waals surface area (Å²) in [4.78, 5) is 11.8. The number of sulfonamides is 1. The first-order valence-electron chi connectivity index (χ1n) is 12.1. The van der Waals surface area contributed by atoms with Gasteiger partial charge in [0, 0.05) is 36.5 Å². The molecule has 1 aromatic heterocycles. The van der Waals surface area contributed by atoms with Crippen LogP contribution in [0.1, 0.15) is 46.2 Å². The molecule has 2 atom stereocenters. The molecule has 40 heavy (non-hydrogen) atoms. The van der Waals surface area contributed by atoms with Crippen molar-refractivity contribution in [3.05, 3.63) is 76.2 Å². The van der Waals surface area contributed by atoms with Gasteiger partial charge >= 0.3 is 0 Å². The Morgan fingerprint density at radius 2 is 1.60 bits per heavy atom. The van der Waals surface area contributed by atoms with E-state index >= 15 is 4.39 Å². The van der Waals surface area contributed by atoms with Crippen molar-refractivity contribution in [2.24, 2.45) is 7.05 Å². The van der Waals surface area contributed by atoms with Gasteiger partial charge in [0.25, 0.3) is 5.56 Å². The third kappa shape index (κ3) is 6.85. The maximum atomic E-state index is 15.3. The van der Waals surface area contributed by atoms with Crippen LogP contribution in [0.15, 0.2) is 63.2 Å². The van der Waals surface area contributed by atoms with Crippen LogP contribution >= 0.6 is 0 Å². The van der Waals surface area contributed by atoms with Crippen molar-refractivity contribution < 1.29 is 29.8 Å². The zero-order chi connectivity index (χ0) is 30.2. The van der Waals surface area contributed by atoms with Gasteiger partial charge < -0.3 is 4.57 Å². The number of nitrogens with zero attached hydrogens (tertiary/aromatic N) is 1. The van der Waals surface area contributed by atoms with E-state index in [0.717, 1.165) is 30.3 Å². The van der Waals surface area contributed by atoms with Gasteiger partial charge in [-0.15, -0.1) is 0 Å². The van der Waals surface area contributed by atoms with Crippen LogP contribution < -0.4 is 15.0 Å². The molecule has 0 unspecified atom stereocenters. The zero-order valence-electron chi connectivity index (χ0n) is 22.8. The number of rotatable bonds is 9. The molecule has 14 heteroatoms. The Morgan fingerprint density at radius 1 is 1.00 bits per heavy atom. The number of sulfone groups is 1. The molecule has 2 N–H and O–H groups in total. The molecule has 0 bridgehead atoms. The van der Waals surface area contributed by atoms with Crippen LogP contribution in [-0.2, 0) is 37.9 Å². The Morgan fingerprint density at radius 3 is 2.15 bits per heavy atom. The average molecular weight is 616 g/mol. The summed E-state index contributed by atoms with van der Waals surface area (Å²) in [5, 5.41) is 0. The van der Waals surface area contributed by atoms with E-state index in [2.05, 4.69) is 9.44 Å². The lowest BCUT2D eigenvalue weighted by atomic mass is 9.97. The molecular formula is C26H31F2N3O6S3. The van der Waals surface area contributed by atoms with E-state index in [1.165, 1.54) is 30.8 Å². The van der Waals surface area contributed by atoms with Gasteiger partial charge in [0.1, 0.15) is 11.6 Å². The van der Waals surface area contributed by atoms with Crippen LogP contribution in [0.3, 0.4) is 0 Å². The predicted molar refractivity (Wildman–Crippen MR) is 151 cm³/mol. The summed E-state index contributed by atoms with van der Waals surface area (Å²) < 4.78 is 99.2. The standard InChI is InChI=1S/C26H31F2N3O6S3/c1-7-39(34,35)30-23-12-20(24(14-22(23)28)40(36,37)18-10-8-17(27)9-11-18)21-15-31(6)25(32)13-19(21)16(2)29-38(33)26(3,4)5/h8-16,29-30H,7H2,1-6H3/t16-,38-/m0/s1. The highest BCUT2D eigenvalue weighted by atomic mass is 32.2. The van der Waals surface area contributed by atoms with Crippen molar-refractivity contribution in [1.82, 2.24) is 9.29 Å². The van der Waals surface area contributed by atoms with E-state index in [1.54, 1.807) is 27.7 Å². The fraction of sp³-hybridized carbons (Fsp3) is 0.346. The molecule has 3 rings (SSSR count). The van der Waals surface area contributed by atoms with Gasteiger partial charge in [-0.2, -0.15) is 0 Å². The highest BCUT2D eigenvalue weighted by Gasteiger charge is 2.29. The highest BCUT2D eigenvalue weighted by molar-refractivity contribution is 7.92. The van der Waals surface area contributed by atoms with Gasteiger partial charge in [-0.3, -0.25) is 9.52 Å². The Hall–Kier alpha value is -2.94. The molecule has 1 heterocycles. The van der Waals surface area contributed by atoms with Crippen molar-refractivity contribution >= 4 is 36.5 Å². The Bertz CT molecular complexity index is 1730. The maximum Gasteiger partial charge on any atom is 0.250 e. The lowest BCUT2D eigenvalue weighted by molar-refractivity contribution is 0.590. The van der Waals surface area contributed by atoms with E-state index in [4.69, 9.17) is 0 Å². The van der Waals surface area contributed by atoms with E-state index in [9.17, 15) is 30.2 Å². The number of hydrogen-bond acceptors (Lipinski definition) is 6. The van der Waals surface area contributed by atoms with Crippen LogP contribution in [0.5, 0.6) is 0 Å². The molecule has 0 spiro atoms. The molecule has 0 aliphatic rings. The first-order valence-corrected chi connectivity index (χ1v) is 16.4. The average Bonchev–Trinajstić information content (AvgIpc) is 2.86. The van der Waals surface area contributed by atoms with Gasteiger partial charge in [0.15, 0.2) is 0 Å². The molecule has 0 fully saturated rings. The predicted octanol–water partition coefficient (Wildman–Crippen LogP) is 4.04. The molecule has 3 aromatic rings. The van der Waals surface area contributed by atoms with Crippen LogP contribution in [-0.4, -0.2) is 36.1 Å². The normalized spacial score (nSPS) is 14.1. The molecule has 0 aliphatic heterocycles. The van der Waals surface area contributed by atoms with Crippen molar-refractivity contribution in [3.63, 3.8) is 0 Å². The van der Waals surface area contributed by atoms with Crippen molar-refractivity contribution in [2.75, 3.05) is 10.5 Å². The zero-order valence-corrected chi connectivity index (χ0v) is 25.2. The molecule has 0 saturated carbocycles. The van der Waals surface area contributed by atoms with Gasteiger partial charge in [-0.1, -0.05) is 0 Å². The minimum Gasteiger partial charge on any atom is -0.318 e. The number of nitrogens with one attached hydrogen (secondary N) is 2. The molecular weight excluding hydrogens is 584 g/mol. The smallest absolute Gasteiger partial charge is 0.250 e. The third-order valence-electron chi connectivity index (χ3n) is 5.99. The summed E-state index contributed by atoms with van der Waals surface area (Å²) in [6.45, 7) is 8.20. The number of aryl methyl sites for hydroxylation is 1. The van der Waals surface area contributed by atoms with Gasteiger partial charge in [0.05, 0.1) is 37.0 Å². The van der Waals surface area contributed by atoms with Crippen LogP contribution in [0.25, 0.3) is 11.1 Å². The van der Waals surface area contributed by atoms with Gasteiger partial charge in [-0.25, -0.2) is 34.5 Å². The van der Waals surface area contributed by atoms with Gasteiger partial charge in [0.2, 0.25) is 19.9 Å². The second kappa shape index (κ2) is 11.5. The van der Waals surface area contributed by atoms with Crippen LogP contribution in [0.4, 0.5) is 14.5 Å². The SMILES string of the molecule is CCS(=O)(=O)Nc1cc(-c2cn(C)c(=O)cc2[C@H](C)N[S@@](=O)C(C)(C)C)c(S(=O)(=O)c2ccc(F)cc2)cc1F. The number of halogens is 2. The van der Waals surface area contributed by atoms with Crippen molar-refractivity contribution in [3.8, 4) is 11.1 Å². The molecule has 0 saturated heterocycles. The monoisotopic (exact) mass is 615 g/mol. The summed E-state index contributed by atoms with van der Waals surface area (Å²) in [5.41, 5.74) is -0.697. The largest absolute Gasteiger partial charge is 0.318 e. The van der Waals surface area contributed by atoms with Crippen molar-refractivity contribution in [1.29, 1.82) is 0 Å². The quantitative estimate of drug-likeness (QED) is 0.350. The summed E-state index contributed by atoms with van der Waals surface area (Å²) in [5.74, 6) is -2.21. The molecule has 9 nitrogen and oxygen atoms in total. The Kier molecular flexibility index (Phi) is 9.09. The van der Waals surface area contributed by atoms with E-state index in [0.29, 0.717) is 6.07 Å². The molecule has 218 valence electrons. The van der Waals surface area contributed by atoms with E-state index in [-0.39, 0.29) is 27.3 Å². The van der Waals surface area contributed by atoms with Crippen LogP contribution in [0, 0.1) is 11.6 Å². The number of anilines is 1. The minimum absolute atomic E-state index is 0.125. The first-order chi connectivity index (χ1) is 18.4. The number of hydrogen-bond donors (Lipinski definition) is 2. The fourth-order valence-electron chi connectivity index (χ4n) is 3.67. The first kappa shape index (κ1) is 31.6.